The molecule has 0 aliphatic rings. The predicted molar refractivity (Wildman–Crippen MR) is 112 cm³/mol. The number of guanidine groups is 1. The summed E-state index contributed by atoms with van der Waals surface area (Å²) in [7, 11) is 1.73. The first-order valence-corrected chi connectivity index (χ1v) is 9.72. The lowest BCUT2D eigenvalue weighted by molar-refractivity contribution is 0.299. The molecule has 0 saturated heterocycles. The lowest BCUT2D eigenvalue weighted by Crippen LogP contribution is -2.30. The quantitative estimate of drug-likeness (QED) is 0.450. The summed E-state index contributed by atoms with van der Waals surface area (Å²) in [5, 5.41) is 18.2. The fraction of sp³-hybridized carbons (Fsp3) is 0.250. The number of aliphatic imine (C=N–C) groups is 1. The van der Waals surface area contributed by atoms with Crippen molar-refractivity contribution in [2.24, 2.45) is 4.99 Å². The van der Waals surface area contributed by atoms with E-state index in [0.717, 1.165) is 39.9 Å². The van der Waals surface area contributed by atoms with Gasteiger partial charge in [0.15, 0.2) is 11.1 Å². The average molecular weight is 382 g/mol. The molecule has 0 fully saturated rings. The Morgan fingerprint density at radius 3 is 2.70 bits per heavy atom. The van der Waals surface area contributed by atoms with Crippen molar-refractivity contribution in [2.75, 3.05) is 25.5 Å². The molecular weight excluding hydrogens is 358 g/mol. The molecule has 0 unspecified atom stereocenters. The minimum absolute atomic E-state index is 0.140. The molecule has 140 valence electrons. The third kappa shape index (κ3) is 4.90. The fourth-order valence-corrected chi connectivity index (χ4v) is 3.35. The zero-order valence-electron chi connectivity index (χ0n) is 15.4. The second-order valence-electron chi connectivity index (χ2n) is 5.85. The highest BCUT2D eigenvalue weighted by Gasteiger charge is 2.09. The number of anilines is 1. The number of aromatic nitrogens is 2. The van der Waals surface area contributed by atoms with Crippen molar-refractivity contribution < 1.29 is 5.11 Å². The average Bonchev–Trinajstić information content (AvgIpc) is 3.17. The molecule has 7 heteroatoms. The normalized spacial score (nSPS) is 11.4. The first-order valence-electron chi connectivity index (χ1n) is 8.84. The molecule has 6 nitrogen and oxygen atoms in total. The Balaban J connectivity index is 1.83. The molecule has 0 spiro atoms. The van der Waals surface area contributed by atoms with E-state index in [4.69, 9.17) is 10.1 Å². The Morgan fingerprint density at radius 1 is 1.11 bits per heavy atom. The Hall–Kier alpha value is -2.77. The van der Waals surface area contributed by atoms with Crippen LogP contribution in [0.15, 0.2) is 52.8 Å². The van der Waals surface area contributed by atoms with Gasteiger partial charge >= 0.3 is 0 Å². The molecule has 3 rings (SSSR count). The number of pyridine rings is 1. The Kier molecular flexibility index (Phi) is 6.51. The van der Waals surface area contributed by atoms with Crippen LogP contribution in [-0.2, 0) is 6.42 Å². The molecule has 27 heavy (non-hydrogen) atoms. The first-order chi connectivity index (χ1) is 13.2. The van der Waals surface area contributed by atoms with Crippen LogP contribution >= 0.6 is 11.3 Å². The van der Waals surface area contributed by atoms with Crippen LogP contribution in [0.1, 0.15) is 12.5 Å². The number of aliphatic hydroxyl groups is 1. The number of nitrogens with one attached hydrogen (secondary N) is 2. The molecule has 3 N–H and O–H groups in total. The zero-order chi connectivity index (χ0) is 19.1. The molecule has 0 bridgehead atoms. The summed E-state index contributed by atoms with van der Waals surface area (Å²) in [5.41, 5.74) is 4.66. The van der Waals surface area contributed by atoms with Gasteiger partial charge in [0.25, 0.3) is 0 Å². The Bertz CT molecular complexity index is 922. The number of rotatable bonds is 6. The minimum atomic E-state index is 0.140. The van der Waals surface area contributed by atoms with Crippen LogP contribution in [0.4, 0.5) is 5.13 Å². The molecule has 3 aromatic rings. The van der Waals surface area contributed by atoms with Crippen molar-refractivity contribution in [3.63, 3.8) is 0 Å². The molecule has 0 amide bonds. The number of benzene rings is 1. The number of aliphatic hydroxyl groups excluding tert-OH is 1. The van der Waals surface area contributed by atoms with Gasteiger partial charge in [-0.3, -0.25) is 4.99 Å². The highest BCUT2D eigenvalue weighted by molar-refractivity contribution is 7.14. The van der Waals surface area contributed by atoms with Crippen LogP contribution in [0.3, 0.4) is 0 Å². The van der Waals surface area contributed by atoms with Gasteiger partial charge in [-0.2, -0.15) is 0 Å². The smallest absolute Gasteiger partial charge is 0.197 e. The van der Waals surface area contributed by atoms with Crippen molar-refractivity contribution in [1.82, 2.24) is 15.3 Å². The summed E-state index contributed by atoms with van der Waals surface area (Å²) in [5.74, 6) is 0.695. The van der Waals surface area contributed by atoms with E-state index in [1.807, 2.05) is 48.7 Å². The van der Waals surface area contributed by atoms with E-state index < -0.39 is 0 Å². The van der Waals surface area contributed by atoms with E-state index in [0.29, 0.717) is 12.4 Å². The van der Waals surface area contributed by atoms with Crippen LogP contribution in [0.5, 0.6) is 0 Å². The second kappa shape index (κ2) is 9.25. The van der Waals surface area contributed by atoms with Gasteiger partial charge in [-0.25, -0.2) is 9.97 Å². The van der Waals surface area contributed by atoms with Gasteiger partial charge in [-0.15, -0.1) is 11.3 Å². The molecular formula is C20H23N5OS. The van der Waals surface area contributed by atoms with Gasteiger partial charge in [0, 0.05) is 31.1 Å². The van der Waals surface area contributed by atoms with Crippen LogP contribution in [-0.4, -0.2) is 41.2 Å². The molecule has 1 aromatic carbocycles. The van der Waals surface area contributed by atoms with Gasteiger partial charge in [-0.1, -0.05) is 24.3 Å². The monoisotopic (exact) mass is 381 g/mol. The summed E-state index contributed by atoms with van der Waals surface area (Å²) in [4.78, 5) is 13.6. The van der Waals surface area contributed by atoms with Crippen LogP contribution in [0, 0.1) is 0 Å². The Labute approximate surface area is 163 Å². The maximum Gasteiger partial charge on any atom is 0.197 e. The number of hydrogen-bond acceptors (Lipinski definition) is 5. The van der Waals surface area contributed by atoms with E-state index in [2.05, 4.69) is 26.7 Å². The number of thiazole rings is 1. The van der Waals surface area contributed by atoms with E-state index in [1.165, 1.54) is 11.3 Å². The molecule has 0 saturated carbocycles. The van der Waals surface area contributed by atoms with E-state index in [1.54, 1.807) is 7.05 Å². The van der Waals surface area contributed by atoms with Crippen LogP contribution in [0.2, 0.25) is 0 Å². The highest BCUT2D eigenvalue weighted by Crippen LogP contribution is 2.26. The van der Waals surface area contributed by atoms with Crippen molar-refractivity contribution in [3.05, 3.63) is 53.4 Å². The van der Waals surface area contributed by atoms with Gasteiger partial charge in [0.2, 0.25) is 0 Å². The maximum atomic E-state index is 9.15. The molecule has 0 aliphatic carbocycles. The van der Waals surface area contributed by atoms with Gasteiger partial charge in [-0.05, 0) is 37.1 Å². The van der Waals surface area contributed by atoms with Crippen molar-refractivity contribution in [1.29, 1.82) is 0 Å². The summed E-state index contributed by atoms with van der Waals surface area (Å²) < 4.78 is 0. The highest BCUT2D eigenvalue weighted by atomic mass is 32.1. The predicted octanol–water partition coefficient (Wildman–Crippen LogP) is 3.41. The van der Waals surface area contributed by atoms with E-state index >= 15 is 0 Å². The molecule has 0 atom stereocenters. The maximum absolute atomic E-state index is 9.15. The molecule has 0 aliphatic heterocycles. The summed E-state index contributed by atoms with van der Waals surface area (Å²) in [6.45, 7) is 2.95. The van der Waals surface area contributed by atoms with Gasteiger partial charge < -0.3 is 15.7 Å². The first kappa shape index (κ1) is 19.0. The van der Waals surface area contributed by atoms with Crippen molar-refractivity contribution in [2.45, 2.75) is 13.3 Å². The lowest BCUT2D eigenvalue weighted by Gasteiger charge is -2.07. The van der Waals surface area contributed by atoms with E-state index in [9.17, 15) is 0 Å². The van der Waals surface area contributed by atoms with Crippen LogP contribution in [0.25, 0.3) is 22.6 Å². The third-order valence-electron chi connectivity index (χ3n) is 3.93. The van der Waals surface area contributed by atoms with Crippen molar-refractivity contribution in [3.8, 4) is 22.6 Å². The summed E-state index contributed by atoms with van der Waals surface area (Å²) in [6, 6.07) is 14.0. The topological polar surface area (TPSA) is 82.4 Å². The lowest BCUT2D eigenvalue weighted by atomic mass is 10.1. The largest absolute Gasteiger partial charge is 0.396 e. The zero-order valence-corrected chi connectivity index (χ0v) is 16.3. The number of hydrogen-bond donors (Lipinski definition) is 3. The van der Waals surface area contributed by atoms with E-state index in [-0.39, 0.29) is 6.61 Å². The Morgan fingerprint density at radius 2 is 1.93 bits per heavy atom. The molecule has 2 aromatic heterocycles. The summed E-state index contributed by atoms with van der Waals surface area (Å²) in [6.07, 6.45) is 0.641. The second-order valence-corrected chi connectivity index (χ2v) is 6.71. The molecule has 2 heterocycles. The number of nitrogens with zero attached hydrogens (tertiary/aromatic N) is 3. The summed E-state index contributed by atoms with van der Waals surface area (Å²) >= 11 is 1.51. The third-order valence-corrected chi connectivity index (χ3v) is 4.69. The van der Waals surface area contributed by atoms with Gasteiger partial charge in [0.05, 0.1) is 11.4 Å². The standard InChI is InChI=1S/C20H23N5OS/c1-3-22-19(21-2)25-20-24-18(13-27-20)17-9-5-8-16(23-17)15-7-4-6-14(12-15)10-11-26/h4-9,12-13,26H,3,10-11H2,1-2H3,(H2,21,22,24,25). The van der Waals surface area contributed by atoms with Crippen molar-refractivity contribution >= 4 is 22.4 Å². The van der Waals surface area contributed by atoms with Crippen LogP contribution < -0.4 is 10.6 Å². The van der Waals surface area contributed by atoms with Gasteiger partial charge in [0.1, 0.15) is 5.69 Å². The fourth-order valence-electron chi connectivity index (χ4n) is 2.65. The SMILES string of the molecule is CCNC(=NC)Nc1nc(-c2cccc(-c3cccc(CCO)c3)n2)cs1. The molecule has 0 radical (unpaired) electrons. The minimum Gasteiger partial charge on any atom is -0.396 e.